The van der Waals surface area contributed by atoms with Crippen molar-refractivity contribution in [2.24, 2.45) is 5.92 Å². The first-order chi connectivity index (χ1) is 18.0. The van der Waals surface area contributed by atoms with E-state index in [0.717, 1.165) is 17.5 Å². The SMILES string of the molecule is CN(C)C(=O)n1cc(C(=O)C2CSN(c3cccnc3)C2C=O)c2ccc(OCc3ccccc3)cc21. The van der Waals surface area contributed by atoms with Crippen molar-refractivity contribution in [2.45, 2.75) is 12.6 Å². The molecule has 2 unspecified atom stereocenters. The predicted molar refractivity (Wildman–Crippen MR) is 144 cm³/mol. The third-order valence-electron chi connectivity index (χ3n) is 6.33. The van der Waals surface area contributed by atoms with Gasteiger partial charge in [-0.25, -0.2) is 4.79 Å². The number of carbonyl (C=O) groups is 3. The van der Waals surface area contributed by atoms with Crippen molar-refractivity contribution in [3.8, 4) is 5.75 Å². The molecule has 8 nitrogen and oxygen atoms in total. The van der Waals surface area contributed by atoms with Crippen LogP contribution >= 0.6 is 11.9 Å². The molecule has 0 saturated carbocycles. The fourth-order valence-electron chi connectivity index (χ4n) is 4.43. The average Bonchev–Trinajstić information content (AvgIpc) is 3.54. The number of nitrogens with zero attached hydrogens (tertiary/aromatic N) is 4. The number of ether oxygens (including phenoxy) is 1. The van der Waals surface area contributed by atoms with Gasteiger partial charge in [-0.15, -0.1) is 0 Å². The standard InChI is InChI=1S/C28H26N4O4S/c1-30(2)28(35)31-15-23(22-11-10-21(13-25(22)31)36-17-19-7-4-3-5-8-19)27(34)24-18-37-32(26(24)16-33)20-9-6-12-29-14-20/h3-16,24,26H,17-18H2,1-2H3. The van der Waals surface area contributed by atoms with Gasteiger partial charge in [0.25, 0.3) is 0 Å². The number of Topliss-reactive ketones (excluding diaryl/α,β-unsaturated/α-hetero) is 1. The fourth-order valence-corrected chi connectivity index (χ4v) is 5.72. The number of carbonyl (C=O) groups excluding carboxylic acids is 3. The van der Waals surface area contributed by atoms with E-state index in [4.69, 9.17) is 4.74 Å². The number of hydrogen-bond acceptors (Lipinski definition) is 7. The Kier molecular flexibility index (Phi) is 6.96. The molecule has 37 heavy (non-hydrogen) atoms. The maximum atomic E-state index is 13.8. The van der Waals surface area contributed by atoms with Gasteiger partial charge in [0.15, 0.2) is 5.78 Å². The summed E-state index contributed by atoms with van der Waals surface area (Å²) in [6.45, 7) is 0.380. The van der Waals surface area contributed by atoms with Gasteiger partial charge in [0.2, 0.25) is 0 Å². The molecule has 0 radical (unpaired) electrons. The largest absolute Gasteiger partial charge is 0.489 e. The maximum Gasteiger partial charge on any atom is 0.328 e. The summed E-state index contributed by atoms with van der Waals surface area (Å²) in [5, 5.41) is 0.640. The molecule has 0 spiro atoms. The number of ketones is 1. The van der Waals surface area contributed by atoms with Crippen molar-refractivity contribution in [1.29, 1.82) is 0 Å². The Bertz CT molecular complexity index is 1440. The minimum atomic E-state index is -0.641. The van der Waals surface area contributed by atoms with E-state index in [0.29, 0.717) is 34.6 Å². The highest BCUT2D eigenvalue weighted by Gasteiger charge is 2.41. The second-order valence-corrected chi connectivity index (χ2v) is 9.96. The minimum absolute atomic E-state index is 0.177. The first kappa shape index (κ1) is 24.6. The second kappa shape index (κ2) is 10.5. The summed E-state index contributed by atoms with van der Waals surface area (Å²) in [5.41, 5.74) is 2.77. The monoisotopic (exact) mass is 514 g/mol. The lowest BCUT2D eigenvalue weighted by Gasteiger charge is -2.22. The fraction of sp³-hybridized carbons (Fsp3) is 0.214. The van der Waals surface area contributed by atoms with Crippen LogP contribution < -0.4 is 9.04 Å². The zero-order valence-electron chi connectivity index (χ0n) is 20.5. The average molecular weight is 515 g/mol. The molecule has 2 atom stereocenters. The molecular weight excluding hydrogens is 488 g/mol. The third kappa shape index (κ3) is 4.82. The molecule has 3 heterocycles. The van der Waals surface area contributed by atoms with Gasteiger partial charge in [-0.3, -0.25) is 14.3 Å². The van der Waals surface area contributed by atoms with Crippen LogP contribution in [-0.4, -0.2) is 58.4 Å². The van der Waals surface area contributed by atoms with Crippen LogP contribution in [0.15, 0.2) is 79.3 Å². The molecule has 9 heteroatoms. The molecule has 1 amide bonds. The number of aldehydes is 1. The van der Waals surface area contributed by atoms with Gasteiger partial charge < -0.3 is 18.7 Å². The number of benzene rings is 2. The van der Waals surface area contributed by atoms with Crippen molar-refractivity contribution >= 4 is 46.6 Å². The molecule has 188 valence electrons. The maximum absolute atomic E-state index is 13.8. The van der Waals surface area contributed by atoms with Gasteiger partial charge in [-0.2, -0.15) is 0 Å². The lowest BCUT2D eigenvalue weighted by Crippen LogP contribution is -2.35. The second-order valence-electron chi connectivity index (χ2n) is 8.97. The highest BCUT2D eigenvalue weighted by Crippen LogP contribution is 2.38. The molecule has 1 fully saturated rings. The molecule has 4 aromatic rings. The molecule has 2 aromatic heterocycles. The number of hydrogen-bond donors (Lipinski definition) is 0. The van der Waals surface area contributed by atoms with Crippen LogP contribution in [0.4, 0.5) is 10.5 Å². The summed E-state index contributed by atoms with van der Waals surface area (Å²) in [5.74, 6) is 0.296. The number of pyridine rings is 1. The van der Waals surface area contributed by atoms with Crippen molar-refractivity contribution in [2.75, 3.05) is 24.2 Å². The van der Waals surface area contributed by atoms with Gasteiger partial charge >= 0.3 is 6.03 Å². The molecule has 2 aromatic carbocycles. The van der Waals surface area contributed by atoms with Gasteiger partial charge in [0.05, 0.1) is 23.3 Å². The Labute approximate surface area is 219 Å². The number of anilines is 1. The Balaban J connectivity index is 1.48. The molecule has 0 N–H and O–H groups in total. The Hall–Kier alpha value is -4.11. The number of rotatable bonds is 7. The summed E-state index contributed by atoms with van der Waals surface area (Å²) < 4.78 is 9.28. The Morgan fingerprint density at radius 1 is 1.14 bits per heavy atom. The molecule has 1 saturated heterocycles. The molecular formula is C28H26N4O4S. The molecule has 0 aliphatic carbocycles. The molecule has 5 rings (SSSR count). The summed E-state index contributed by atoms with van der Waals surface area (Å²) in [4.78, 5) is 44.6. The van der Waals surface area contributed by atoms with Gasteiger partial charge in [-0.1, -0.05) is 30.3 Å². The lowest BCUT2D eigenvalue weighted by atomic mass is 9.92. The van der Waals surface area contributed by atoms with E-state index in [9.17, 15) is 14.4 Å². The van der Waals surface area contributed by atoms with Crippen molar-refractivity contribution in [3.05, 3.63) is 90.4 Å². The topological polar surface area (TPSA) is 84.7 Å². The zero-order valence-corrected chi connectivity index (χ0v) is 21.3. The van der Waals surface area contributed by atoms with E-state index >= 15 is 0 Å². The van der Waals surface area contributed by atoms with Gasteiger partial charge in [0.1, 0.15) is 24.7 Å². The quantitative estimate of drug-likeness (QED) is 0.201. The van der Waals surface area contributed by atoms with Crippen LogP contribution in [0.25, 0.3) is 10.9 Å². The van der Waals surface area contributed by atoms with E-state index < -0.39 is 12.0 Å². The molecule has 1 aliphatic heterocycles. The van der Waals surface area contributed by atoms with Crippen molar-refractivity contribution < 1.29 is 19.1 Å². The lowest BCUT2D eigenvalue weighted by molar-refractivity contribution is -0.109. The first-order valence-electron chi connectivity index (χ1n) is 11.8. The van der Waals surface area contributed by atoms with Crippen LogP contribution in [0.1, 0.15) is 15.9 Å². The van der Waals surface area contributed by atoms with E-state index in [2.05, 4.69) is 4.98 Å². The van der Waals surface area contributed by atoms with Crippen molar-refractivity contribution in [3.63, 3.8) is 0 Å². The number of fused-ring (bicyclic) bond motifs is 1. The van der Waals surface area contributed by atoms with Crippen molar-refractivity contribution in [1.82, 2.24) is 14.5 Å². The van der Waals surface area contributed by atoms with Crippen LogP contribution in [-0.2, 0) is 11.4 Å². The Morgan fingerprint density at radius 2 is 1.95 bits per heavy atom. The molecule has 0 bridgehead atoms. The predicted octanol–water partition coefficient (Wildman–Crippen LogP) is 4.68. The Morgan fingerprint density at radius 3 is 2.65 bits per heavy atom. The summed E-state index contributed by atoms with van der Waals surface area (Å²) in [7, 11) is 3.32. The van der Waals surface area contributed by atoms with Crippen LogP contribution in [0, 0.1) is 5.92 Å². The summed E-state index contributed by atoms with van der Waals surface area (Å²) in [6, 6.07) is 17.9. The number of amides is 1. The van der Waals surface area contributed by atoms with E-state index in [1.165, 1.54) is 21.4 Å². The smallest absolute Gasteiger partial charge is 0.328 e. The zero-order chi connectivity index (χ0) is 25.9. The highest BCUT2D eigenvalue weighted by molar-refractivity contribution is 8.01. The normalized spacial score (nSPS) is 17.1. The van der Waals surface area contributed by atoms with Crippen LogP contribution in [0.3, 0.4) is 0 Å². The van der Waals surface area contributed by atoms with E-state index in [1.54, 1.807) is 57.0 Å². The molecule has 1 aliphatic rings. The summed E-state index contributed by atoms with van der Waals surface area (Å²) in [6.07, 6.45) is 5.73. The van der Waals surface area contributed by atoms with E-state index in [1.807, 2.05) is 40.7 Å². The highest BCUT2D eigenvalue weighted by atomic mass is 32.2. The van der Waals surface area contributed by atoms with Gasteiger partial charge in [-0.05, 0) is 41.8 Å². The third-order valence-corrected chi connectivity index (χ3v) is 7.57. The minimum Gasteiger partial charge on any atom is -0.489 e. The number of aromatic nitrogens is 2. The first-order valence-corrected chi connectivity index (χ1v) is 12.8. The van der Waals surface area contributed by atoms with Crippen LogP contribution in [0.5, 0.6) is 5.75 Å². The van der Waals surface area contributed by atoms with Crippen LogP contribution in [0.2, 0.25) is 0 Å². The van der Waals surface area contributed by atoms with E-state index in [-0.39, 0.29) is 11.8 Å². The summed E-state index contributed by atoms with van der Waals surface area (Å²) >= 11 is 1.43. The van der Waals surface area contributed by atoms with Gasteiger partial charge in [0, 0.05) is 49.3 Å².